The number of ether oxygens (including phenoxy) is 2. The smallest absolute Gasteiger partial charge is 0.389 e. The molecule has 1 rings (SSSR count). The highest BCUT2D eigenvalue weighted by molar-refractivity contribution is 9.10. The van der Waals surface area contributed by atoms with Crippen LogP contribution >= 0.6 is 28.3 Å². The van der Waals surface area contributed by atoms with Gasteiger partial charge in [0.1, 0.15) is 16.0 Å². The lowest BCUT2D eigenvalue weighted by Crippen LogP contribution is -2.16. The third kappa shape index (κ3) is 5.38. The van der Waals surface area contributed by atoms with E-state index in [9.17, 15) is 13.2 Å². The minimum atomic E-state index is -4.21. The standard InChI is InChI=1S/C12H15BrF3NO2.ClH/c1-18-9-5-7(6-10(19-2)11(9)13)8(17)3-4-12(14,15)16;/h5-6,8H,3-4,17H2,1-2H3;1H/t8-;/m1./s1. The molecule has 2 N–H and O–H groups in total. The molecule has 0 bridgehead atoms. The van der Waals surface area contributed by atoms with Crippen molar-refractivity contribution in [1.82, 2.24) is 0 Å². The topological polar surface area (TPSA) is 44.5 Å². The molecule has 0 aliphatic heterocycles. The zero-order chi connectivity index (χ0) is 14.6. The van der Waals surface area contributed by atoms with Gasteiger partial charge in [-0.1, -0.05) is 0 Å². The monoisotopic (exact) mass is 377 g/mol. The summed E-state index contributed by atoms with van der Waals surface area (Å²) in [4.78, 5) is 0. The van der Waals surface area contributed by atoms with E-state index in [0.29, 0.717) is 21.5 Å². The molecule has 8 heteroatoms. The van der Waals surface area contributed by atoms with Crippen molar-refractivity contribution in [3.8, 4) is 11.5 Å². The molecule has 0 heterocycles. The summed E-state index contributed by atoms with van der Waals surface area (Å²) < 4.78 is 47.4. The second-order valence-electron chi connectivity index (χ2n) is 4.00. The average Bonchev–Trinajstić information content (AvgIpc) is 2.35. The Morgan fingerprint density at radius 3 is 2.00 bits per heavy atom. The first-order chi connectivity index (χ1) is 8.78. The number of benzene rings is 1. The summed E-state index contributed by atoms with van der Waals surface area (Å²) in [6.45, 7) is 0. The van der Waals surface area contributed by atoms with Crippen LogP contribution in [0.5, 0.6) is 11.5 Å². The van der Waals surface area contributed by atoms with Gasteiger partial charge in [-0.05, 0) is 40.0 Å². The van der Waals surface area contributed by atoms with Crippen molar-refractivity contribution >= 4 is 28.3 Å². The van der Waals surface area contributed by atoms with E-state index < -0.39 is 18.6 Å². The van der Waals surface area contributed by atoms with Crippen molar-refractivity contribution in [2.24, 2.45) is 5.73 Å². The van der Waals surface area contributed by atoms with Gasteiger partial charge in [0.25, 0.3) is 0 Å². The van der Waals surface area contributed by atoms with Crippen LogP contribution in [0.15, 0.2) is 16.6 Å². The fraction of sp³-hybridized carbons (Fsp3) is 0.500. The van der Waals surface area contributed by atoms with Crippen molar-refractivity contribution in [3.63, 3.8) is 0 Å². The molecule has 1 aromatic carbocycles. The van der Waals surface area contributed by atoms with Crippen LogP contribution in [0.2, 0.25) is 0 Å². The second kappa shape index (κ2) is 7.95. The van der Waals surface area contributed by atoms with E-state index in [4.69, 9.17) is 15.2 Å². The second-order valence-corrected chi connectivity index (χ2v) is 4.79. The van der Waals surface area contributed by atoms with Crippen molar-refractivity contribution < 1.29 is 22.6 Å². The van der Waals surface area contributed by atoms with Crippen LogP contribution in [0, 0.1) is 0 Å². The lowest BCUT2D eigenvalue weighted by Gasteiger charge is -2.17. The highest BCUT2D eigenvalue weighted by Crippen LogP contribution is 2.38. The summed E-state index contributed by atoms with van der Waals surface area (Å²) in [6, 6.07) is 2.49. The van der Waals surface area contributed by atoms with E-state index >= 15 is 0 Å². The van der Waals surface area contributed by atoms with Gasteiger partial charge >= 0.3 is 6.18 Å². The van der Waals surface area contributed by atoms with E-state index in [2.05, 4.69) is 15.9 Å². The molecule has 0 unspecified atom stereocenters. The van der Waals surface area contributed by atoms with Gasteiger partial charge < -0.3 is 15.2 Å². The van der Waals surface area contributed by atoms with Gasteiger partial charge in [0, 0.05) is 12.5 Å². The summed E-state index contributed by atoms with van der Waals surface area (Å²) in [6.07, 6.45) is -5.31. The molecular weight excluding hydrogens is 362 g/mol. The van der Waals surface area contributed by atoms with Crippen molar-refractivity contribution in [3.05, 3.63) is 22.2 Å². The van der Waals surface area contributed by atoms with Crippen molar-refractivity contribution in [1.29, 1.82) is 0 Å². The summed E-state index contributed by atoms with van der Waals surface area (Å²) in [5.41, 5.74) is 6.32. The van der Waals surface area contributed by atoms with Gasteiger partial charge in [0.05, 0.1) is 14.2 Å². The van der Waals surface area contributed by atoms with Crippen LogP contribution in [-0.4, -0.2) is 20.4 Å². The third-order valence-electron chi connectivity index (χ3n) is 2.63. The number of hydrogen-bond acceptors (Lipinski definition) is 3. The van der Waals surface area contributed by atoms with Gasteiger partial charge in [0.2, 0.25) is 0 Å². The SMILES string of the molecule is COc1cc([C@H](N)CCC(F)(F)F)cc(OC)c1Br.Cl. The zero-order valence-electron chi connectivity index (χ0n) is 11.0. The molecule has 0 radical (unpaired) electrons. The van der Waals surface area contributed by atoms with E-state index in [1.807, 2.05) is 0 Å². The Morgan fingerprint density at radius 1 is 1.20 bits per heavy atom. The molecular formula is C12H16BrClF3NO2. The molecule has 0 aliphatic rings. The maximum absolute atomic E-state index is 12.2. The highest BCUT2D eigenvalue weighted by atomic mass is 79.9. The average molecular weight is 379 g/mol. The molecule has 1 aromatic rings. The predicted molar refractivity (Wildman–Crippen MR) is 76.7 cm³/mol. The number of rotatable bonds is 5. The lowest BCUT2D eigenvalue weighted by molar-refractivity contribution is -0.136. The van der Waals surface area contributed by atoms with Gasteiger partial charge in [-0.15, -0.1) is 12.4 Å². The Morgan fingerprint density at radius 2 is 1.65 bits per heavy atom. The molecule has 0 spiro atoms. The minimum absolute atomic E-state index is 0. The fourth-order valence-electron chi connectivity index (χ4n) is 1.59. The summed E-state index contributed by atoms with van der Waals surface area (Å²) >= 11 is 3.28. The minimum Gasteiger partial charge on any atom is -0.495 e. The predicted octanol–water partition coefficient (Wildman–Crippen LogP) is 4.23. The van der Waals surface area contributed by atoms with Crippen LogP contribution in [0.3, 0.4) is 0 Å². The Labute approximate surface area is 130 Å². The van der Waals surface area contributed by atoms with E-state index in [1.165, 1.54) is 14.2 Å². The summed E-state index contributed by atoms with van der Waals surface area (Å²) in [5.74, 6) is 0.939. The molecule has 0 saturated heterocycles. The van der Waals surface area contributed by atoms with Gasteiger partial charge in [-0.3, -0.25) is 0 Å². The number of halogens is 5. The first-order valence-electron chi connectivity index (χ1n) is 5.52. The molecule has 116 valence electrons. The first-order valence-corrected chi connectivity index (χ1v) is 6.31. The molecule has 1 atom stereocenters. The molecule has 0 amide bonds. The van der Waals surface area contributed by atoms with Crippen LogP contribution in [0.4, 0.5) is 13.2 Å². The number of nitrogens with two attached hydrogens (primary N) is 1. The van der Waals surface area contributed by atoms with Crippen LogP contribution < -0.4 is 15.2 Å². The first kappa shape index (κ1) is 19.3. The van der Waals surface area contributed by atoms with Gasteiger partial charge in [-0.25, -0.2) is 0 Å². The third-order valence-corrected chi connectivity index (χ3v) is 3.42. The number of methoxy groups -OCH3 is 2. The van der Waals surface area contributed by atoms with Crippen LogP contribution in [0.1, 0.15) is 24.4 Å². The van der Waals surface area contributed by atoms with E-state index in [0.717, 1.165) is 0 Å². The Balaban J connectivity index is 0.00000361. The largest absolute Gasteiger partial charge is 0.495 e. The van der Waals surface area contributed by atoms with E-state index in [-0.39, 0.29) is 18.8 Å². The molecule has 0 aliphatic carbocycles. The molecule has 3 nitrogen and oxygen atoms in total. The van der Waals surface area contributed by atoms with Gasteiger partial charge in [-0.2, -0.15) is 13.2 Å². The van der Waals surface area contributed by atoms with Crippen LogP contribution in [-0.2, 0) is 0 Å². The fourth-order valence-corrected chi connectivity index (χ4v) is 2.14. The Kier molecular flexibility index (Phi) is 7.69. The lowest BCUT2D eigenvalue weighted by atomic mass is 10.0. The molecule has 0 saturated carbocycles. The van der Waals surface area contributed by atoms with Crippen LogP contribution in [0.25, 0.3) is 0 Å². The highest BCUT2D eigenvalue weighted by Gasteiger charge is 2.28. The maximum atomic E-state index is 12.2. The number of hydrogen-bond donors (Lipinski definition) is 1. The Bertz CT molecular complexity index is 418. The Hall–Kier alpha value is -0.660. The maximum Gasteiger partial charge on any atom is 0.389 e. The molecule has 0 fully saturated rings. The zero-order valence-corrected chi connectivity index (χ0v) is 13.4. The van der Waals surface area contributed by atoms with Crippen molar-refractivity contribution in [2.75, 3.05) is 14.2 Å². The van der Waals surface area contributed by atoms with Gasteiger partial charge in [0.15, 0.2) is 0 Å². The number of alkyl halides is 3. The molecule has 20 heavy (non-hydrogen) atoms. The quantitative estimate of drug-likeness (QED) is 0.834. The van der Waals surface area contributed by atoms with Crippen molar-refractivity contribution in [2.45, 2.75) is 25.1 Å². The summed E-state index contributed by atoms with van der Waals surface area (Å²) in [7, 11) is 2.93. The normalized spacial score (nSPS) is 12.6. The molecule has 0 aromatic heterocycles. The summed E-state index contributed by atoms with van der Waals surface area (Å²) in [5, 5.41) is 0. The van der Waals surface area contributed by atoms with E-state index in [1.54, 1.807) is 12.1 Å².